The Morgan fingerprint density at radius 3 is 1.53 bits per heavy atom. The first-order valence-corrected chi connectivity index (χ1v) is 6.27. The minimum atomic E-state index is 0.257. The average Bonchev–Trinajstić information content (AvgIpc) is 1.71. The third kappa shape index (κ3) is 2.55. The smallest absolute Gasteiger partial charge is 0.0166 e. The number of hydrogen-bond donors (Lipinski definition) is 0. The number of rotatable bonds is 0. The largest absolute Gasteiger partial charge is 0.288 e. The van der Waals surface area contributed by atoms with Gasteiger partial charge in [-0.25, -0.2) is 0 Å². The molecule has 1 nitrogen and oxygen atoms in total. The number of likely N-dealkylation sites (tertiary alicyclic amines) is 1. The molecule has 0 aromatic heterocycles. The first-order chi connectivity index (χ1) is 6.47. The van der Waals surface area contributed by atoms with Gasteiger partial charge >= 0.3 is 0 Å². The summed E-state index contributed by atoms with van der Waals surface area (Å²) in [5.41, 5.74) is 0.895. The van der Waals surface area contributed by atoms with E-state index in [4.69, 9.17) is 0 Å². The topological polar surface area (TPSA) is 3.24 Å². The van der Waals surface area contributed by atoms with Crippen LogP contribution in [0.3, 0.4) is 0 Å². The second-order valence-corrected chi connectivity index (χ2v) is 7.64. The molecule has 90 valence electrons. The average molecular weight is 211 g/mol. The van der Waals surface area contributed by atoms with E-state index in [1.807, 2.05) is 0 Å². The highest BCUT2D eigenvalue weighted by Crippen LogP contribution is 2.45. The lowest BCUT2D eigenvalue weighted by Crippen LogP contribution is -2.66. The minimum absolute atomic E-state index is 0.257. The van der Waals surface area contributed by atoms with Crippen molar-refractivity contribution in [2.45, 2.75) is 84.8 Å². The van der Waals surface area contributed by atoms with Crippen molar-refractivity contribution in [3.8, 4) is 0 Å². The number of nitrogens with zero attached hydrogens (tertiary/aromatic N) is 1. The van der Waals surface area contributed by atoms with Crippen LogP contribution in [0, 0.1) is 5.92 Å². The standard InChI is InChI=1S/C14H29N/c1-11-9-13(5,6)15(12(2,3)4)14(7,8)10-11/h11H,9-10H2,1-8H3. The van der Waals surface area contributed by atoms with Crippen LogP contribution in [0.2, 0.25) is 0 Å². The molecule has 15 heavy (non-hydrogen) atoms. The Balaban J connectivity index is 3.09. The van der Waals surface area contributed by atoms with Gasteiger partial charge in [0.05, 0.1) is 0 Å². The van der Waals surface area contributed by atoms with Gasteiger partial charge in [0.25, 0.3) is 0 Å². The van der Waals surface area contributed by atoms with Gasteiger partial charge in [0.15, 0.2) is 0 Å². The van der Waals surface area contributed by atoms with Crippen LogP contribution in [0.4, 0.5) is 0 Å². The fraction of sp³-hybridized carbons (Fsp3) is 1.00. The number of hydrogen-bond acceptors (Lipinski definition) is 1. The van der Waals surface area contributed by atoms with E-state index < -0.39 is 0 Å². The molecule has 1 saturated heterocycles. The van der Waals surface area contributed by atoms with E-state index in [9.17, 15) is 0 Å². The van der Waals surface area contributed by atoms with Crippen LogP contribution >= 0.6 is 0 Å². The van der Waals surface area contributed by atoms with E-state index in [0.717, 1.165) is 5.92 Å². The molecule has 0 N–H and O–H groups in total. The van der Waals surface area contributed by atoms with Gasteiger partial charge in [0.1, 0.15) is 0 Å². The molecule has 0 bridgehead atoms. The van der Waals surface area contributed by atoms with Crippen LogP contribution < -0.4 is 0 Å². The Morgan fingerprint density at radius 1 is 0.933 bits per heavy atom. The molecule has 0 aliphatic carbocycles. The van der Waals surface area contributed by atoms with Gasteiger partial charge in [-0.1, -0.05) is 6.92 Å². The monoisotopic (exact) mass is 211 g/mol. The SMILES string of the molecule is CC1CC(C)(C)N(C(C)(C)C)C(C)(C)C1. The maximum atomic E-state index is 2.72. The third-order valence-corrected chi connectivity index (χ3v) is 3.58. The summed E-state index contributed by atoms with van der Waals surface area (Å²) in [6.45, 7) is 19.0. The zero-order valence-corrected chi connectivity index (χ0v) is 11.9. The van der Waals surface area contributed by atoms with Crippen LogP contribution in [0.25, 0.3) is 0 Å². The van der Waals surface area contributed by atoms with Crippen LogP contribution in [-0.2, 0) is 0 Å². The number of piperidine rings is 1. The van der Waals surface area contributed by atoms with Crippen molar-refractivity contribution >= 4 is 0 Å². The third-order valence-electron chi connectivity index (χ3n) is 3.58. The van der Waals surface area contributed by atoms with Crippen molar-refractivity contribution in [2.24, 2.45) is 5.92 Å². The Kier molecular flexibility index (Phi) is 3.02. The lowest BCUT2D eigenvalue weighted by Gasteiger charge is -2.60. The van der Waals surface area contributed by atoms with Gasteiger partial charge < -0.3 is 0 Å². The lowest BCUT2D eigenvalue weighted by atomic mass is 9.72. The molecule has 1 rings (SSSR count). The normalized spacial score (nSPS) is 28.0. The maximum Gasteiger partial charge on any atom is 0.0166 e. The predicted molar refractivity (Wildman–Crippen MR) is 68.1 cm³/mol. The van der Waals surface area contributed by atoms with E-state index in [2.05, 4.69) is 60.3 Å². The zero-order chi connectivity index (χ0) is 12.1. The lowest BCUT2D eigenvalue weighted by molar-refractivity contribution is -0.105. The Hall–Kier alpha value is -0.0400. The summed E-state index contributed by atoms with van der Waals surface area (Å²) in [7, 11) is 0. The second-order valence-electron chi connectivity index (χ2n) is 7.64. The Labute approximate surface area is 96.2 Å². The summed E-state index contributed by atoms with van der Waals surface area (Å²) in [6, 6.07) is 0. The first-order valence-electron chi connectivity index (χ1n) is 6.27. The van der Waals surface area contributed by atoms with Gasteiger partial charge in [0, 0.05) is 16.6 Å². The summed E-state index contributed by atoms with van der Waals surface area (Å²) in [4.78, 5) is 2.72. The molecule has 0 spiro atoms. The molecule has 1 heteroatoms. The van der Waals surface area contributed by atoms with E-state index in [1.54, 1.807) is 0 Å². The van der Waals surface area contributed by atoms with E-state index in [1.165, 1.54) is 12.8 Å². The quantitative estimate of drug-likeness (QED) is 0.584. The molecule has 1 fully saturated rings. The summed E-state index contributed by atoms with van der Waals surface area (Å²) in [5.74, 6) is 0.841. The van der Waals surface area contributed by atoms with E-state index in [-0.39, 0.29) is 5.54 Å². The Morgan fingerprint density at radius 2 is 1.27 bits per heavy atom. The summed E-state index contributed by atoms with van der Waals surface area (Å²) < 4.78 is 0. The molecule has 0 aromatic carbocycles. The molecule has 1 aliphatic rings. The summed E-state index contributed by atoms with van der Waals surface area (Å²) in [5, 5.41) is 0. The van der Waals surface area contributed by atoms with Crippen LogP contribution in [0.1, 0.15) is 68.2 Å². The zero-order valence-electron chi connectivity index (χ0n) is 11.9. The van der Waals surface area contributed by atoms with E-state index in [0.29, 0.717) is 11.1 Å². The highest BCUT2D eigenvalue weighted by Gasteiger charge is 2.48. The molecule has 0 aromatic rings. The van der Waals surface area contributed by atoms with Gasteiger partial charge in [-0.05, 0) is 67.2 Å². The van der Waals surface area contributed by atoms with Crippen molar-refractivity contribution in [2.75, 3.05) is 0 Å². The fourth-order valence-corrected chi connectivity index (χ4v) is 4.60. The molecule has 1 heterocycles. The van der Waals surface area contributed by atoms with Crippen molar-refractivity contribution in [1.29, 1.82) is 0 Å². The first kappa shape index (κ1) is 13.0. The van der Waals surface area contributed by atoms with Gasteiger partial charge in [0.2, 0.25) is 0 Å². The second kappa shape index (κ2) is 3.48. The molecular weight excluding hydrogens is 182 g/mol. The highest BCUT2D eigenvalue weighted by atomic mass is 15.3. The maximum absolute atomic E-state index is 2.72. The molecule has 1 aliphatic heterocycles. The van der Waals surface area contributed by atoms with Crippen LogP contribution in [0.5, 0.6) is 0 Å². The minimum Gasteiger partial charge on any atom is -0.288 e. The van der Waals surface area contributed by atoms with Crippen molar-refractivity contribution < 1.29 is 0 Å². The van der Waals surface area contributed by atoms with Gasteiger partial charge in [-0.2, -0.15) is 0 Å². The summed E-state index contributed by atoms with van der Waals surface area (Å²) >= 11 is 0. The highest BCUT2D eigenvalue weighted by molar-refractivity contribution is 5.03. The molecule has 0 atom stereocenters. The van der Waals surface area contributed by atoms with Gasteiger partial charge in [-0.15, -0.1) is 0 Å². The van der Waals surface area contributed by atoms with Crippen molar-refractivity contribution in [3.63, 3.8) is 0 Å². The molecule has 0 saturated carbocycles. The molecular formula is C14H29N. The molecule has 0 radical (unpaired) electrons. The Bertz CT molecular complexity index is 214. The van der Waals surface area contributed by atoms with Crippen molar-refractivity contribution in [1.82, 2.24) is 4.90 Å². The molecule has 0 unspecified atom stereocenters. The van der Waals surface area contributed by atoms with Crippen LogP contribution in [0.15, 0.2) is 0 Å². The van der Waals surface area contributed by atoms with Gasteiger partial charge in [-0.3, -0.25) is 4.90 Å². The predicted octanol–water partition coefficient (Wildman–Crippen LogP) is 4.07. The van der Waals surface area contributed by atoms with Crippen LogP contribution in [-0.4, -0.2) is 21.5 Å². The van der Waals surface area contributed by atoms with E-state index >= 15 is 0 Å². The molecule has 0 amide bonds. The fourth-order valence-electron chi connectivity index (χ4n) is 4.60. The van der Waals surface area contributed by atoms with Crippen molar-refractivity contribution in [3.05, 3.63) is 0 Å². The summed E-state index contributed by atoms with van der Waals surface area (Å²) in [6.07, 6.45) is 2.63.